The van der Waals surface area contributed by atoms with Crippen LogP contribution in [0.4, 0.5) is 9.39 Å². The number of rotatable bonds is 7. The minimum Gasteiger partial charge on any atom is -0.488 e. The average molecular weight is 570 g/mol. The summed E-state index contributed by atoms with van der Waals surface area (Å²) in [5.74, 6) is 0.334. The van der Waals surface area contributed by atoms with Gasteiger partial charge in [0.05, 0.1) is 5.56 Å². The number of aryl methyl sites for hydroxylation is 1. The second-order valence-corrected chi connectivity index (χ2v) is 11.5. The molecule has 2 aromatic carbocycles. The lowest BCUT2D eigenvalue weighted by atomic mass is 9.93. The van der Waals surface area contributed by atoms with E-state index in [0.29, 0.717) is 11.3 Å². The summed E-state index contributed by atoms with van der Waals surface area (Å²) in [6, 6.07) is 12.5. The number of aliphatic imine (C=N–C) groups is 1. The third-order valence-corrected chi connectivity index (χ3v) is 8.65. The smallest absolute Gasteiger partial charge is 0.254 e. The van der Waals surface area contributed by atoms with Crippen molar-refractivity contribution in [1.82, 2.24) is 5.32 Å². The fourth-order valence-corrected chi connectivity index (χ4v) is 6.64. The van der Waals surface area contributed by atoms with Gasteiger partial charge in [0.25, 0.3) is 5.91 Å². The molecule has 0 bridgehead atoms. The van der Waals surface area contributed by atoms with Crippen molar-refractivity contribution >= 4 is 44.4 Å². The van der Waals surface area contributed by atoms with E-state index in [4.69, 9.17) is 9.73 Å². The maximum absolute atomic E-state index is 14.1. The van der Waals surface area contributed by atoms with Crippen LogP contribution in [-0.4, -0.2) is 18.2 Å². The molecule has 0 atom stereocenters. The SMILES string of the molecule is O=C(NC1CCCCC1)c1c(/N=C\c2cc(Br)ccc2OCc2ccccc2F)sc2c1CCCC2. The molecule has 0 spiro atoms. The molecule has 3 aromatic rings. The Morgan fingerprint density at radius 3 is 2.75 bits per heavy atom. The van der Waals surface area contributed by atoms with E-state index in [1.165, 1.54) is 35.8 Å². The van der Waals surface area contributed by atoms with Gasteiger partial charge in [-0.3, -0.25) is 4.79 Å². The first-order valence-electron chi connectivity index (χ1n) is 12.7. The number of carbonyl (C=O) groups is 1. The van der Waals surface area contributed by atoms with Crippen LogP contribution in [0.2, 0.25) is 0 Å². The Kier molecular flexibility index (Phi) is 8.17. The fourth-order valence-electron chi connectivity index (χ4n) is 5.03. The molecule has 1 amide bonds. The molecule has 1 heterocycles. The van der Waals surface area contributed by atoms with Gasteiger partial charge < -0.3 is 10.1 Å². The van der Waals surface area contributed by atoms with Gasteiger partial charge in [0.2, 0.25) is 0 Å². The number of ether oxygens (including phenoxy) is 1. The van der Waals surface area contributed by atoms with E-state index in [-0.39, 0.29) is 24.4 Å². The molecule has 2 aliphatic carbocycles. The number of nitrogens with one attached hydrogen (secondary N) is 1. The zero-order valence-corrected chi connectivity index (χ0v) is 22.6. The van der Waals surface area contributed by atoms with Gasteiger partial charge in [-0.2, -0.15) is 0 Å². The highest BCUT2D eigenvalue weighted by Crippen LogP contribution is 2.40. The summed E-state index contributed by atoms with van der Waals surface area (Å²) in [6.45, 7) is 0.123. The van der Waals surface area contributed by atoms with Crippen LogP contribution in [0.5, 0.6) is 5.75 Å². The Labute approximate surface area is 224 Å². The summed E-state index contributed by atoms with van der Waals surface area (Å²) in [6.07, 6.45) is 11.7. The van der Waals surface area contributed by atoms with E-state index in [0.717, 1.165) is 59.1 Å². The molecule has 1 fully saturated rings. The number of hydrogen-bond acceptors (Lipinski definition) is 4. The third kappa shape index (κ3) is 5.89. The van der Waals surface area contributed by atoms with Crippen molar-refractivity contribution in [2.45, 2.75) is 70.4 Å². The Morgan fingerprint density at radius 2 is 1.92 bits per heavy atom. The van der Waals surface area contributed by atoms with Crippen molar-refractivity contribution in [2.75, 3.05) is 0 Å². The van der Waals surface area contributed by atoms with E-state index in [2.05, 4.69) is 21.2 Å². The van der Waals surface area contributed by atoms with E-state index in [1.807, 2.05) is 18.2 Å². The molecule has 36 heavy (non-hydrogen) atoms. The van der Waals surface area contributed by atoms with Crippen LogP contribution in [0.15, 0.2) is 51.9 Å². The van der Waals surface area contributed by atoms with Gasteiger partial charge in [-0.05, 0) is 68.4 Å². The molecule has 4 nitrogen and oxygen atoms in total. The van der Waals surface area contributed by atoms with Crippen LogP contribution in [0, 0.1) is 5.82 Å². The summed E-state index contributed by atoms with van der Waals surface area (Å²) in [5, 5.41) is 4.06. The van der Waals surface area contributed by atoms with Crippen LogP contribution in [0.25, 0.3) is 0 Å². The number of nitrogens with zero attached hydrogens (tertiary/aromatic N) is 1. The number of halogens is 2. The van der Waals surface area contributed by atoms with Gasteiger partial charge in [-0.15, -0.1) is 11.3 Å². The van der Waals surface area contributed by atoms with Gasteiger partial charge in [-0.1, -0.05) is 53.4 Å². The number of fused-ring (bicyclic) bond motifs is 1. The van der Waals surface area contributed by atoms with Crippen LogP contribution in [0.1, 0.15) is 76.9 Å². The van der Waals surface area contributed by atoms with Crippen molar-refractivity contribution < 1.29 is 13.9 Å². The minimum atomic E-state index is -0.289. The second kappa shape index (κ2) is 11.7. The zero-order chi connectivity index (χ0) is 24.9. The molecule has 1 aromatic heterocycles. The standard InChI is InChI=1S/C29H30BrFN2O2S/c30-21-14-15-25(35-18-19-8-4-6-12-24(19)31)20(16-21)17-32-29-27(23-11-5-7-13-26(23)36-29)28(34)33-22-9-2-1-3-10-22/h4,6,8,12,14-17,22H,1-3,5,7,9-11,13,18H2,(H,33,34)/b32-17-. The topological polar surface area (TPSA) is 50.7 Å². The quantitative estimate of drug-likeness (QED) is 0.294. The summed E-state index contributed by atoms with van der Waals surface area (Å²) in [7, 11) is 0. The van der Waals surface area contributed by atoms with Gasteiger partial charge in [0.15, 0.2) is 0 Å². The van der Waals surface area contributed by atoms with Crippen LogP contribution in [0.3, 0.4) is 0 Å². The summed E-state index contributed by atoms with van der Waals surface area (Å²) in [5.41, 5.74) is 3.19. The van der Waals surface area contributed by atoms with Crippen molar-refractivity contribution in [3.05, 3.63) is 79.9 Å². The van der Waals surface area contributed by atoms with Crippen LogP contribution in [-0.2, 0) is 19.4 Å². The maximum atomic E-state index is 14.1. The Bertz CT molecular complexity index is 1270. The molecule has 0 saturated heterocycles. The highest BCUT2D eigenvalue weighted by atomic mass is 79.9. The Morgan fingerprint density at radius 1 is 1.11 bits per heavy atom. The van der Waals surface area contributed by atoms with Gasteiger partial charge >= 0.3 is 0 Å². The van der Waals surface area contributed by atoms with Gasteiger partial charge in [0.1, 0.15) is 23.2 Å². The molecule has 7 heteroatoms. The highest BCUT2D eigenvalue weighted by molar-refractivity contribution is 9.10. The van der Waals surface area contributed by atoms with Crippen molar-refractivity contribution in [2.24, 2.45) is 4.99 Å². The molecule has 1 N–H and O–H groups in total. The second-order valence-electron chi connectivity index (χ2n) is 9.52. The van der Waals surface area contributed by atoms with E-state index in [9.17, 15) is 9.18 Å². The molecule has 188 valence electrons. The van der Waals surface area contributed by atoms with E-state index in [1.54, 1.807) is 35.8 Å². The number of carbonyl (C=O) groups excluding carboxylic acids is 1. The first-order chi connectivity index (χ1) is 17.6. The van der Waals surface area contributed by atoms with Crippen LogP contribution < -0.4 is 10.1 Å². The lowest BCUT2D eigenvalue weighted by Gasteiger charge is -2.23. The number of thiophene rings is 1. The van der Waals surface area contributed by atoms with Gasteiger partial charge in [0, 0.05) is 32.7 Å². The Balaban J connectivity index is 1.41. The molecule has 5 rings (SSSR count). The average Bonchev–Trinajstić information content (AvgIpc) is 3.27. The van der Waals surface area contributed by atoms with Crippen molar-refractivity contribution in [3.8, 4) is 5.75 Å². The molecular weight excluding hydrogens is 539 g/mol. The van der Waals surface area contributed by atoms with Crippen molar-refractivity contribution in [3.63, 3.8) is 0 Å². The third-order valence-electron chi connectivity index (χ3n) is 6.95. The maximum Gasteiger partial charge on any atom is 0.254 e. The predicted molar refractivity (Wildman–Crippen MR) is 147 cm³/mol. The molecule has 0 unspecified atom stereocenters. The summed E-state index contributed by atoms with van der Waals surface area (Å²) in [4.78, 5) is 19.6. The predicted octanol–water partition coefficient (Wildman–Crippen LogP) is 7.92. The largest absolute Gasteiger partial charge is 0.488 e. The Hall–Kier alpha value is -2.51. The molecule has 0 aliphatic heterocycles. The normalized spacial score (nSPS) is 16.2. The molecular formula is C29H30BrFN2O2S. The van der Waals surface area contributed by atoms with Crippen molar-refractivity contribution in [1.29, 1.82) is 0 Å². The minimum absolute atomic E-state index is 0.0127. The summed E-state index contributed by atoms with van der Waals surface area (Å²) >= 11 is 5.16. The monoisotopic (exact) mass is 568 g/mol. The molecule has 0 radical (unpaired) electrons. The van der Waals surface area contributed by atoms with E-state index >= 15 is 0 Å². The number of hydrogen-bond donors (Lipinski definition) is 1. The zero-order valence-electron chi connectivity index (χ0n) is 20.2. The lowest BCUT2D eigenvalue weighted by Crippen LogP contribution is -2.36. The first-order valence-corrected chi connectivity index (χ1v) is 14.3. The fraction of sp³-hybridized carbons (Fsp3) is 0.379. The first kappa shape index (κ1) is 25.2. The lowest BCUT2D eigenvalue weighted by molar-refractivity contribution is 0.0927. The van der Waals surface area contributed by atoms with Crippen LogP contribution >= 0.6 is 27.3 Å². The summed E-state index contributed by atoms with van der Waals surface area (Å²) < 4.78 is 20.9. The van der Waals surface area contributed by atoms with Gasteiger partial charge in [-0.25, -0.2) is 9.38 Å². The number of amides is 1. The van der Waals surface area contributed by atoms with E-state index < -0.39 is 0 Å². The number of benzene rings is 2. The molecule has 1 saturated carbocycles. The highest BCUT2D eigenvalue weighted by Gasteiger charge is 2.27. The molecule has 2 aliphatic rings.